The number of hydrogen-bond acceptors (Lipinski definition) is 1. The van der Waals surface area contributed by atoms with E-state index in [4.69, 9.17) is 4.42 Å². The molecule has 2 heterocycles. The van der Waals surface area contributed by atoms with Gasteiger partial charge >= 0.3 is 0 Å². The minimum atomic E-state index is -2.07. The van der Waals surface area contributed by atoms with Gasteiger partial charge in [-0.2, -0.15) is 0 Å². The first-order chi connectivity index (χ1) is 21.7. The van der Waals surface area contributed by atoms with Crippen LogP contribution in [0, 0.1) is 0 Å². The standard InChI is InChI=1S/C42H36OSi/c1-3-5-23-44(24-6-4-2)38-22-21-32-29-15-9-10-17-31(29)40-28-14-8-7-13-27(28)19-20-33(40)41(32)42(38)35-25-34-30-16-11-12-18-36(30)43-37(34)26-39(35)44/h7-22,25-26H,3-6,23-24H2,1-2H3. The molecule has 0 radical (unpaired) electrons. The summed E-state index contributed by atoms with van der Waals surface area (Å²) in [5.41, 5.74) is 5.01. The number of benzene rings is 7. The van der Waals surface area contributed by atoms with Gasteiger partial charge in [0, 0.05) is 10.8 Å². The zero-order chi connectivity index (χ0) is 29.4. The van der Waals surface area contributed by atoms with Crippen molar-refractivity contribution in [2.24, 2.45) is 0 Å². The lowest BCUT2D eigenvalue weighted by molar-refractivity contribution is 0.669. The third kappa shape index (κ3) is 3.46. The van der Waals surface area contributed by atoms with Crippen LogP contribution in [0.2, 0.25) is 12.1 Å². The fourth-order valence-electron chi connectivity index (χ4n) is 8.63. The highest BCUT2D eigenvalue weighted by Crippen LogP contribution is 2.47. The zero-order valence-corrected chi connectivity index (χ0v) is 26.5. The first-order valence-corrected chi connectivity index (χ1v) is 18.9. The Morgan fingerprint density at radius 3 is 1.95 bits per heavy atom. The van der Waals surface area contributed by atoms with Crippen LogP contribution in [0.15, 0.2) is 114 Å². The molecule has 1 aliphatic heterocycles. The predicted molar refractivity (Wildman–Crippen MR) is 194 cm³/mol. The second kappa shape index (κ2) is 9.80. The van der Waals surface area contributed by atoms with Crippen molar-refractivity contribution < 1.29 is 4.42 Å². The van der Waals surface area contributed by atoms with Gasteiger partial charge in [0.2, 0.25) is 0 Å². The van der Waals surface area contributed by atoms with Gasteiger partial charge in [-0.15, -0.1) is 0 Å². The molecule has 0 N–H and O–H groups in total. The molecule has 0 bridgehead atoms. The van der Waals surface area contributed by atoms with Crippen LogP contribution in [0.5, 0.6) is 0 Å². The lowest BCUT2D eigenvalue weighted by atomic mass is 9.87. The molecule has 7 aromatic carbocycles. The summed E-state index contributed by atoms with van der Waals surface area (Å²) in [5, 5.41) is 16.7. The molecule has 9 rings (SSSR count). The average molecular weight is 585 g/mol. The molecule has 1 nitrogen and oxygen atoms in total. The van der Waals surface area contributed by atoms with Crippen LogP contribution in [0.3, 0.4) is 0 Å². The van der Waals surface area contributed by atoms with Crippen molar-refractivity contribution in [1.82, 2.24) is 0 Å². The van der Waals surface area contributed by atoms with Crippen molar-refractivity contribution >= 4 is 83.5 Å². The summed E-state index contributed by atoms with van der Waals surface area (Å²) in [7, 11) is -2.07. The highest BCUT2D eigenvalue weighted by molar-refractivity contribution is 7.06. The molecule has 0 unspecified atom stereocenters. The molecule has 2 heteroatoms. The topological polar surface area (TPSA) is 13.1 Å². The minimum Gasteiger partial charge on any atom is -0.456 e. The molecular formula is C42H36OSi. The molecule has 0 fully saturated rings. The summed E-state index contributed by atoms with van der Waals surface area (Å²) in [6.07, 6.45) is 5.00. The van der Waals surface area contributed by atoms with Gasteiger partial charge in [-0.1, -0.05) is 131 Å². The van der Waals surface area contributed by atoms with Gasteiger partial charge in [-0.25, -0.2) is 0 Å². The fourth-order valence-corrected chi connectivity index (χ4v) is 14.4. The lowest BCUT2D eigenvalue weighted by Gasteiger charge is -2.30. The molecule has 0 spiro atoms. The third-order valence-corrected chi connectivity index (χ3v) is 15.9. The smallest absolute Gasteiger partial charge is 0.135 e. The van der Waals surface area contributed by atoms with Gasteiger partial charge in [0.05, 0.1) is 0 Å². The highest BCUT2D eigenvalue weighted by Gasteiger charge is 2.45. The van der Waals surface area contributed by atoms with E-state index in [0.717, 1.165) is 11.2 Å². The summed E-state index contributed by atoms with van der Waals surface area (Å²) in [6, 6.07) is 44.0. The van der Waals surface area contributed by atoms with Gasteiger partial charge in [0.15, 0.2) is 0 Å². The van der Waals surface area contributed by atoms with Crippen LogP contribution in [0.1, 0.15) is 39.5 Å². The van der Waals surface area contributed by atoms with Gasteiger partial charge < -0.3 is 4.42 Å². The molecule has 8 aromatic rings. The van der Waals surface area contributed by atoms with E-state index >= 15 is 0 Å². The number of fused-ring (bicyclic) bond motifs is 15. The van der Waals surface area contributed by atoms with Crippen LogP contribution in [-0.2, 0) is 0 Å². The normalized spacial score (nSPS) is 14.0. The van der Waals surface area contributed by atoms with Crippen molar-refractivity contribution in [1.29, 1.82) is 0 Å². The number of furan rings is 1. The maximum absolute atomic E-state index is 6.56. The number of rotatable bonds is 6. The number of unbranched alkanes of at least 4 members (excludes halogenated alkanes) is 2. The van der Waals surface area contributed by atoms with Crippen LogP contribution < -0.4 is 10.4 Å². The van der Waals surface area contributed by atoms with Crippen LogP contribution in [-0.4, -0.2) is 8.07 Å². The maximum Gasteiger partial charge on any atom is 0.135 e. The Kier molecular flexibility index (Phi) is 5.80. The van der Waals surface area contributed by atoms with E-state index in [1.54, 1.807) is 10.4 Å². The summed E-state index contributed by atoms with van der Waals surface area (Å²) < 4.78 is 6.56. The Labute approximate surface area is 259 Å². The lowest BCUT2D eigenvalue weighted by Crippen LogP contribution is -2.55. The molecule has 1 aromatic heterocycles. The first-order valence-electron chi connectivity index (χ1n) is 16.5. The molecule has 0 saturated carbocycles. The summed E-state index contributed by atoms with van der Waals surface area (Å²) >= 11 is 0. The number of hydrogen-bond donors (Lipinski definition) is 0. The van der Waals surface area contributed by atoms with E-state index in [2.05, 4.69) is 123 Å². The van der Waals surface area contributed by atoms with Crippen LogP contribution in [0.4, 0.5) is 0 Å². The van der Waals surface area contributed by atoms with E-state index in [1.165, 1.54) is 103 Å². The summed E-state index contributed by atoms with van der Waals surface area (Å²) in [4.78, 5) is 0. The Morgan fingerprint density at radius 2 is 1.16 bits per heavy atom. The van der Waals surface area contributed by atoms with Gasteiger partial charge in [-0.3, -0.25) is 0 Å². The van der Waals surface area contributed by atoms with Crippen molar-refractivity contribution in [2.45, 2.75) is 51.6 Å². The SMILES string of the molecule is CCCC[Si]1(CCCC)c2cc3oc4ccccc4c3cc2-c2c1ccc1c3ccccc3c3c4ccccc4ccc3c21. The predicted octanol–water partition coefficient (Wildman–Crippen LogP) is 11.3. The van der Waals surface area contributed by atoms with Crippen LogP contribution >= 0.6 is 0 Å². The zero-order valence-electron chi connectivity index (χ0n) is 25.5. The summed E-state index contributed by atoms with van der Waals surface area (Å²) in [6.45, 7) is 4.71. The molecule has 0 amide bonds. The first kappa shape index (κ1) is 26.0. The van der Waals surface area contributed by atoms with E-state index in [-0.39, 0.29) is 0 Å². The Hall–Kier alpha value is -4.40. The Bertz CT molecular complexity index is 2420. The molecule has 0 aliphatic carbocycles. The second-order valence-corrected chi connectivity index (χ2v) is 17.2. The van der Waals surface area contributed by atoms with Crippen molar-refractivity contribution in [3.05, 3.63) is 109 Å². The molecule has 1 aliphatic rings. The van der Waals surface area contributed by atoms with E-state index < -0.39 is 8.07 Å². The minimum absolute atomic E-state index is 0.988. The van der Waals surface area contributed by atoms with Crippen LogP contribution in [0.25, 0.3) is 76.2 Å². The molecular weight excluding hydrogens is 549 g/mol. The second-order valence-electron chi connectivity index (χ2n) is 12.9. The molecule has 0 atom stereocenters. The number of para-hydroxylation sites is 1. The van der Waals surface area contributed by atoms with Crippen molar-refractivity contribution in [2.75, 3.05) is 0 Å². The maximum atomic E-state index is 6.56. The fraction of sp³-hybridized carbons (Fsp3) is 0.190. The van der Waals surface area contributed by atoms with E-state index in [0.29, 0.717) is 0 Å². The third-order valence-electron chi connectivity index (χ3n) is 10.6. The quantitative estimate of drug-likeness (QED) is 0.140. The van der Waals surface area contributed by atoms with Crippen molar-refractivity contribution in [3.63, 3.8) is 0 Å². The summed E-state index contributed by atoms with van der Waals surface area (Å²) in [5.74, 6) is 0. The average Bonchev–Trinajstić information content (AvgIpc) is 3.57. The van der Waals surface area contributed by atoms with Gasteiger partial charge in [-0.05, 0) is 94.9 Å². The largest absolute Gasteiger partial charge is 0.456 e. The monoisotopic (exact) mass is 584 g/mol. The van der Waals surface area contributed by atoms with Gasteiger partial charge in [0.25, 0.3) is 0 Å². The Morgan fingerprint density at radius 1 is 0.500 bits per heavy atom. The highest BCUT2D eigenvalue weighted by atomic mass is 28.3. The van der Waals surface area contributed by atoms with E-state index in [9.17, 15) is 0 Å². The van der Waals surface area contributed by atoms with Gasteiger partial charge in [0.1, 0.15) is 19.2 Å². The molecule has 214 valence electrons. The molecule has 0 saturated heterocycles. The van der Waals surface area contributed by atoms with Crippen molar-refractivity contribution in [3.8, 4) is 11.1 Å². The molecule has 44 heavy (non-hydrogen) atoms. The Balaban J connectivity index is 1.51. The van der Waals surface area contributed by atoms with E-state index in [1.807, 2.05) is 0 Å².